The maximum atomic E-state index is 10.4. The van der Waals surface area contributed by atoms with E-state index in [2.05, 4.69) is 25.7 Å². The molecule has 0 spiro atoms. The van der Waals surface area contributed by atoms with Gasteiger partial charge in [0.25, 0.3) is 0 Å². The molecule has 0 aliphatic heterocycles. The zero-order valence-corrected chi connectivity index (χ0v) is 12.4. The van der Waals surface area contributed by atoms with Crippen LogP contribution in [-0.4, -0.2) is 34.7 Å². The van der Waals surface area contributed by atoms with Crippen LogP contribution in [0, 0.1) is 11.8 Å². The first-order chi connectivity index (χ1) is 8.63. The molecular weight excluding hydrogens is 222 g/mol. The molecule has 0 saturated heterocycles. The van der Waals surface area contributed by atoms with Crippen LogP contribution in [0.3, 0.4) is 0 Å². The second-order valence-electron chi connectivity index (χ2n) is 6.77. The summed E-state index contributed by atoms with van der Waals surface area (Å²) in [5.74, 6) is 1.59. The van der Waals surface area contributed by atoms with Crippen LogP contribution >= 0.6 is 0 Å². The molecule has 0 aromatic rings. The van der Waals surface area contributed by atoms with Crippen LogP contribution in [0.25, 0.3) is 0 Å². The third-order valence-electron chi connectivity index (χ3n) is 4.98. The van der Waals surface area contributed by atoms with Crippen molar-refractivity contribution in [2.45, 2.75) is 83.9 Å². The number of hydrogen-bond acceptors (Lipinski definition) is 2. The molecule has 0 heterocycles. The van der Waals surface area contributed by atoms with Crippen LogP contribution in [0.2, 0.25) is 0 Å². The van der Waals surface area contributed by atoms with Crippen molar-refractivity contribution in [3.63, 3.8) is 0 Å². The molecule has 1 N–H and O–H groups in total. The highest BCUT2D eigenvalue weighted by Gasteiger charge is 2.40. The Morgan fingerprint density at radius 1 is 1.17 bits per heavy atom. The minimum absolute atomic E-state index is 0.0718. The monoisotopic (exact) mass is 253 g/mol. The summed E-state index contributed by atoms with van der Waals surface area (Å²) in [6, 6.07) is 1.24. The van der Waals surface area contributed by atoms with Crippen LogP contribution in [0.5, 0.6) is 0 Å². The summed E-state index contributed by atoms with van der Waals surface area (Å²) in [5, 5.41) is 10.4. The topological polar surface area (TPSA) is 23.5 Å². The van der Waals surface area contributed by atoms with Crippen molar-refractivity contribution in [2.75, 3.05) is 6.54 Å². The maximum Gasteiger partial charge on any atom is 0.0695 e. The van der Waals surface area contributed by atoms with E-state index in [-0.39, 0.29) is 6.10 Å². The summed E-state index contributed by atoms with van der Waals surface area (Å²) in [6.07, 6.45) is 8.66. The van der Waals surface area contributed by atoms with Crippen molar-refractivity contribution in [2.24, 2.45) is 11.8 Å². The highest BCUT2D eigenvalue weighted by molar-refractivity contribution is 4.94. The summed E-state index contributed by atoms with van der Waals surface area (Å²) in [6.45, 7) is 8.15. The fourth-order valence-electron chi connectivity index (χ4n) is 3.49. The van der Waals surface area contributed by atoms with E-state index in [4.69, 9.17) is 0 Å². The van der Waals surface area contributed by atoms with Crippen LogP contribution in [-0.2, 0) is 0 Å². The summed E-state index contributed by atoms with van der Waals surface area (Å²) in [4.78, 5) is 2.66. The Hall–Kier alpha value is -0.0800. The standard InChI is InChI=1S/C16H31NO/c1-4-5-10-17(14-7-8-14)15-11-13(12(2)3)6-9-16(15)18/h12-16,18H,4-11H2,1-3H3. The van der Waals surface area contributed by atoms with E-state index in [1.165, 1.54) is 45.1 Å². The van der Waals surface area contributed by atoms with Gasteiger partial charge in [0.2, 0.25) is 0 Å². The molecule has 2 aliphatic carbocycles. The molecule has 0 aromatic carbocycles. The van der Waals surface area contributed by atoms with Gasteiger partial charge in [-0.1, -0.05) is 27.2 Å². The lowest BCUT2D eigenvalue weighted by atomic mass is 9.77. The molecule has 106 valence electrons. The summed E-state index contributed by atoms with van der Waals surface area (Å²) in [5.41, 5.74) is 0. The third-order valence-corrected chi connectivity index (χ3v) is 4.98. The van der Waals surface area contributed by atoms with Gasteiger partial charge in [-0.25, -0.2) is 0 Å². The van der Waals surface area contributed by atoms with Gasteiger partial charge in [0.05, 0.1) is 6.10 Å². The minimum atomic E-state index is -0.0718. The highest BCUT2D eigenvalue weighted by Crippen LogP contribution is 2.37. The van der Waals surface area contributed by atoms with E-state index in [1.54, 1.807) is 0 Å². The van der Waals surface area contributed by atoms with Gasteiger partial charge in [-0.2, -0.15) is 0 Å². The third kappa shape index (κ3) is 3.48. The Morgan fingerprint density at radius 3 is 2.44 bits per heavy atom. The maximum absolute atomic E-state index is 10.4. The molecule has 0 aromatic heterocycles. The molecule has 2 rings (SSSR count). The zero-order valence-electron chi connectivity index (χ0n) is 12.4. The lowest BCUT2D eigenvalue weighted by molar-refractivity contribution is -0.00885. The zero-order chi connectivity index (χ0) is 13.1. The summed E-state index contributed by atoms with van der Waals surface area (Å²) >= 11 is 0. The number of aliphatic hydroxyl groups is 1. The van der Waals surface area contributed by atoms with Crippen molar-refractivity contribution in [1.82, 2.24) is 4.90 Å². The van der Waals surface area contributed by atoms with E-state index in [0.29, 0.717) is 6.04 Å². The van der Waals surface area contributed by atoms with Crippen molar-refractivity contribution in [3.8, 4) is 0 Å². The molecule has 2 aliphatic rings. The average Bonchev–Trinajstić information content (AvgIpc) is 3.15. The van der Waals surface area contributed by atoms with E-state index in [1.807, 2.05) is 0 Å². The Kier molecular flexibility index (Phi) is 5.08. The SMILES string of the molecule is CCCCN(C1CC1)C1CC(C(C)C)CCC1O. The molecule has 2 saturated carbocycles. The first-order valence-electron chi connectivity index (χ1n) is 8.07. The Morgan fingerprint density at radius 2 is 1.89 bits per heavy atom. The van der Waals surface area contributed by atoms with Crippen LogP contribution in [0.4, 0.5) is 0 Å². The number of nitrogens with zero attached hydrogens (tertiary/aromatic N) is 1. The van der Waals surface area contributed by atoms with E-state index in [9.17, 15) is 5.11 Å². The molecule has 3 unspecified atom stereocenters. The smallest absolute Gasteiger partial charge is 0.0695 e. The average molecular weight is 253 g/mol. The van der Waals surface area contributed by atoms with Gasteiger partial charge < -0.3 is 5.11 Å². The highest BCUT2D eigenvalue weighted by atomic mass is 16.3. The predicted octanol–water partition coefficient (Wildman–Crippen LogP) is 3.44. The molecule has 2 fully saturated rings. The predicted molar refractivity (Wildman–Crippen MR) is 76.6 cm³/mol. The van der Waals surface area contributed by atoms with E-state index in [0.717, 1.165) is 24.3 Å². The quantitative estimate of drug-likeness (QED) is 0.784. The van der Waals surface area contributed by atoms with Gasteiger partial charge >= 0.3 is 0 Å². The lowest BCUT2D eigenvalue weighted by Gasteiger charge is -2.42. The van der Waals surface area contributed by atoms with Crippen LogP contribution < -0.4 is 0 Å². The lowest BCUT2D eigenvalue weighted by Crippen LogP contribution is -2.49. The second kappa shape index (κ2) is 6.38. The normalized spacial score (nSPS) is 33.3. The van der Waals surface area contributed by atoms with Crippen molar-refractivity contribution < 1.29 is 5.11 Å². The molecule has 18 heavy (non-hydrogen) atoms. The Balaban J connectivity index is 1.97. The molecule has 0 bridgehead atoms. The van der Waals surface area contributed by atoms with Crippen molar-refractivity contribution in [1.29, 1.82) is 0 Å². The number of hydrogen-bond donors (Lipinski definition) is 1. The van der Waals surface area contributed by atoms with Crippen LogP contribution in [0.15, 0.2) is 0 Å². The molecule has 2 nitrogen and oxygen atoms in total. The fourth-order valence-corrected chi connectivity index (χ4v) is 3.49. The molecular formula is C16H31NO. The Labute approximate surface area is 113 Å². The number of rotatable bonds is 6. The minimum Gasteiger partial charge on any atom is -0.391 e. The second-order valence-corrected chi connectivity index (χ2v) is 6.77. The molecule has 2 heteroatoms. The van der Waals surface area contributed by atoms with Gasteiger partial charge in [-0.15, -0.1) is 0 Å². The van der Waals surface area contributed by atoms with Crippen molar-refractivity contribution in [3.05, 3.63) is 0 Å². The molecule has 0 radical (unpaired) electrons. The molecule has 3 atom stereocenters. The summed E-state index contributed by atoms with van der Waals surface area (Å²) in [7, 11) is 0. The van der Waals surface area contributed by atoms with Crippen molar-refractivity contribution >= 4 is 0 Å². The first-order valence-corrected chi connectivity index (χ1v) is 8.07. The van der Waals surface area contributed by atoms with Gasteiger partial charge in [0, 0.05) is 12.1 Å². The molecule has 0 amide bonds. The van der Waals surface area contributed by atoms with Gasteiger partial charge in [-0.3, -0.25) is 4.90 Å². The van der Waals surface area contributed by atoms with E-state index < -0.39 is 0 Å². The van der Waals surface area contributed by atoms with Gasteiger partial charge in [0.15, 0.2) is 0 Å². The van der Waals surface area contributed by atoms with E-state index >= 15 is 0 Å². The largest absolute Gasteiger partial charge is 0.391 e. The number of aliphatic hydroxyl groups excluding tert-OH is 1. The number of unbranched alkanes of at least 4 members (excludes halogenated alkanes) is 1. The summed E-state index contributed by atoms with van der Waals surface area (Å²) < 4.78 is 0. The van der Waals surface area contributed by atoms with Crippen LogP contribution in [0.1, 0.15) is 65.7 Å². The van der Waals surface area contributed by atoms with Gasteiger partial charge in [-0.05, 0) is 56.9 Å². The van der Waals surface area contributed by atoms with Gasteiger partial charge in [0.1, 0.15) is 0 Å². The Bertz CT molecular complexity index is 249. The first kappa shape index (κ1) is 14.3. The fraction of sp³-hybridized carbons (Fsp3) is 1.00.